The minimum absolute atomic E-state index is 0.252. The molecule has 5 nitrogen and oxygen atoms in total. The number of rotatable bonds is 3. The minimum atomic E-state index is 0.252. The highest BCUT2D eigenvalue weighted by atomic mass is 16.5. The summed E-state index contributed by atoms with van der Waals surface area (Å²) in [6.45, 7) is 6.36. The van der Waals surface area contributed by atoms with Gasteiger partial charge in [-0.05, 0) is 19.8 Å². The van der Waals surface area contributed by atoms with Gasteiger partial charge in [0.05, 0.1) is 6.04 Å². The summed E-state index contributed by atoms with van der Waals surface area (Å²) < 4.78 is 5.36. The van der Waals surface area contributed by atoms with Gasteiger partial charge in [-0.25, -0.2) is 0 Å². The lowest BCUT2D eigenvalue weighted by atomic mass is 10.2. The van der Waals surface area contributed by atoms with Crippen LogP contribution in [0.25, 0.3) is 0 Å². The highest BCUT2D eigenvalue weighted by molar-refractivity contribution is 5.04. The van der Waals surface area contributed by atoms with Crippen LogP contribution in [-0.2, 0) is 0 Å². The summed E-state index contributed by atoms with van der Waals surface area (Å²) in [5.74, 6) is 2.27. The van der Waals surface area contributed by atoms with Crippen molar-refractivity contribution in [2.24, 2.45) is 0 Å². The highest BCUT2D eigenvalue weighted by Gasteiger charge is 2.30. The van der Waals surface area contributed by atoms with Crippen LogP contribution >= 0.6 is 0 Å². The Kier molecular flexibility index (Phi) is 2.65. The first kappa shape index (κ1) is 10.2. The van der Waals surface area contributed by atoms with Crippen LogP contribution in [0.2, 0.25) is 0 Å². The first-order valence-corrected chi connectivity index (χ1v) is 6.13. The smallest absolute Gasteiger partial charge is 0.243 e. The second-order valence-corrected chi connectivity index (χ2v) is 4.73. The normalized spacial score (nSPS) is 24.6. The fourth-order valence-electron chi connectivity index (χ4n) is 2.15. The van der Waals surface area contributed by atoms with Crippen molar-refractivity contribution in [3.63, 3.8) is 0 Å². The number of aromatic nitrogens is 2. The van der Waals surface area contributed by atoms with Gasteiger partial charge in [-0.2, -0.15) is 4.98 Å². The van der Waals surface area contributed by atoms with Gasteiger partial charge in [0.15, 0.2) is 5.82 Å². The lowest BCUT2D eigenvalue weighted by Crippen LogP contribution is -2.44. The quantitative estimate of drug-likeness (QED) is 0.824. The van der Waals surface area contributed by atoms with Crippen molar-refractivity contribution < 1.29 is 4.52 Å². The Bertz CT molecular complexity index is 355. The molecule has 1 aliphatic carbocycles. The molecule has 1 N–H and O–H groups in total. The van der Waals surface area contributed by atoms with Crippen molar-refractivity contribution in [1.29, 1.82) is 0 Å². The molecule has 1 atom stereocenters. The third-order valence-corrected chi connectivity index (χ3v) is 3.46. The Labute approximate surface area is 95.2 Å². The van der Waals surface area contributed by atoms with Gasteiger partial charge < -0.3 is 9.84 Å². The summed E-state index contributed by atoms with van der Waals surface area (Å²) in [7, 11) is 0. The fraction of sp³-hybridized carbons (Fsp3) is 0.818. The molecular formula is C11H18N4O. The van der Waals surface area contributed by atoms with Gasteiger partial charge in [0.25, 0.3) is 0 Å². The number of nitrogens with zero attached hydrogens (tertiary/aromatic N) is 3. The van der Waals surface area contributed by atoms with Gasteiger partial charge in [-0.1, -0.05) is 5.16 Å². The van der Waals surface area contributed by atoms with E-state index in [0.717, 1.165) is 37.9 Å². The average molecular weight is 222 g/mol. The molecule has 0 radical (unpaired) electrons. The van der Waals surface area contributed by atoms with Gasteiger partial charge in [-0.3, -0.25) is 4.90 Å². The first-order valence-electron chi connectivity index (χ1n) is 6.13. The van der Waals surface area contributed by atoms with Crippen LogP contribution in [-0.4, -0.2) is 41.2 Å². The van der Waals surface area contributed by atoms with E-state index < -0.39 is 0 Å². The second kappa shape index (κ2) is 4.14. The van der Waals surface area contributed by atoms with Crippen LogP contribution in [0.1, 0.15) is 43.4 Å². The largest absolute Gasteiger partial charge is 0.338 e. The Balaban J connectivity index is 1.69. The third-order valence-electron chi connectivity index (χ3n) is 3.46. The van der Waals surface area contributed by atoms with E-state index in [4.69, 9.17) is 4.52 Å². The molecule has 0 bridgehead atoms. The predicted molar refractivity (Wildman–Crippen MR) is 59.1 cm³/mol. The maximum Gasteiger partial charge on any atom is 0.243 e. The van der Waals surface area contributed by atoms with E-state index >= 15 is 0 Å². The zero-order valence-corrected chi connectivity index (χ0v) is 9.65. The fourth-order valence-corrected chi connectivity index (χ4v) is 2.15. The molecule has 5 heteroatoms. The van der Waals surface area contributed by atoms with Gasteiger partial charge >= 0.3 is 0 Å². The molecule has 3 rings (SSSR count). The van der Waals surface area contributed by atoms with Crippen molar-refractivity contribution in [1.82, 2.24) is 20.4 Å². The SMILES string of the molecule is C[C@@H](c1nc(C2CC2)no1)N1CCNCC1. The average Bonchev–Trinajstić information content (AvgIpc) is 3.08. The number of hydrogen-bond acceptors (Lipinski definition) is 5. The summed E-state index contributed by atoms with van der Waals surface area (Å²) in [5.41, 5.74) is 0. The van der Waals surface area contributed by atoms with Crippen LogP contribution in [0.3, 0.4) is 0 Å². The zero-order valence-electron chi connectivity index (χ0n) is 9.65. The first-order chi connectivity index (χ1) is 7.84. The molecule has 2 heterocycles. The Morgan fingerprint density at radius 3 is 2.81 bits per heavy atom. The van der Waals surface area contributed by atoms with E-state index in [1.165, 1.54) is 12.8 Å². The van der Waals surface area contributed by atoms with E-state index in [-0.39, 0.29) is 6.04 Å². The molecule has 2 fully saturated rings. The Morgan fingerprint density at radius 1 is 1.38 bits per heavy atom. The highest BCUT2D eigenvalue weighted by Crippen LogP contribution is 2.38. The van der Waals surface area contributed by atoms with E-state index in [9.17, 15) is 0 Å². The standard InChI is InChI=1S/C11H18N4O/c1-8(15-6-4-12-5-7-15)11-13-10(14-16-11)9-2-3-9/h8-9,12H,2-7H2,1H3/t8-/m0/s1. The summed E-state index contributed by atoms with van der Waals surface area (Å²) >= 11 is 0. The Morgan fingerprint density at radius 2 is 2.12 bits per heavy atom. The predicted octanol–water partition coefficient (Wildman–Crippen LogP) is 0.913. The molecule has 88 valence electrons. The van der Waals surface area contributed by atoms with E-state index in [1.807, 2.05) is 0 Å². The molecule has 1 aromatic rings. The molecule has 0 amide bonds. The molecule has 16 heavy (non-hydrogen) atoms. The molecular weight excluding hydrogens is 204 g/mol. The minimum Gasteiger partial charge on any atom is -0.338 e. The van der Waals surface area contributed by atoms with Crippen molar-refractivity contribution in [3.05, 3.63) is 11.7 Å². The van der Waals surface area contributed by atoms with Crippen LogP contribution in [0.15, 0.2) is 4.52 Å². The summed E-state index contributed by atoms with van der Waals surface area (Å²) in [5, 5.41) is 7.41. The number of hydrogen-bond donors (Lipinski definition) is 1. The van der Waals surface area contributed by atoms with Crippen LogP contribution in [0, 0.1) is 0 Å². The number of piperazine rings is 1. The van der Waals surface area contributed by atoms with Crippen molar-refractivity contribution in [2.75, 3.05) is 26.2 Å². The third kappa shape index (κ3) is 1.97. The molecule has 0 unspecified atom stereocenters. The Hall–Kier alpha value is -0.940. The summed E-state index contributed by atoms with van der Waals surface area (Å²) in [4.78, 5) is 6.90. The maximum absolute atomic E-state index is 5.36. The lowest BCUT2D eigenvalue weighted by Gasteiger charge is -2.30. The van der Waals surface area contributed by atoms with Crippen LogP contribution in [0.5, 0.6) is 0 Å². The van der Waals surface area contributed by atoms with E-state index in [0.29, 0.717) is 5.92 Å². The summed E-state index contributed by atoms with van der Waals surface area (Å²) in [6.07, 6.45) is 2.45. The van der Waals surface area contributed by atoms with Gasteiger partial charge in [0.2, 0.25) is 5.89 Å². The molecule has 0 spiro atoms. The van der Waals surface area contributed by atoms with Gasteiger partial charge in [0, 0.05) is 32.1 Å². The van der Waals surface area contributed by atoms with E-state index in [1.54, 1.807) is 0 Å². The molecule has 1 aliphatic heterocycles. The summed E-state index contributed by atoms with van der Waals surface area (Å²) in [6, 6.07) is 0.252. The lowest BCUT2D eigenvalue weighted by molar-refractivity contribution is 0.154. The molecule has 1 aromatic heterocycles. The van der Waals surface area contributed by atoms with Crippen molar-refractivity contribution in [2.45, 2.75) is 31.7 Å². The number of nitrogens with one attached hydrogen (secondary N) is 1. The molecule has 1 saturated carbocycles. The van der Waals surface area contributed by atoms with Gasteiger partial charge in [-0.15, -0.1) is 0 Å². The molecule has 0 aromatic carbocycles. The topological polar surface area (TPSA) is 54.2 Å². The molecule has 2 aliphatic rings. The van der Waals surface area contributed by atoms with E-state index in [2.05, 4.69) is 27.3 Å². The van der Waals surface area contributed by atoms with Crippen molar-refractivity contribution >= 4 is 0 Å². The monoisotopic (exact) mass is 222 g/mol. The van der Waals surface area contributed by atoms with Crippen LogP contribution in [0.4, 0.5) is 0 Å². The zero-order chi connectivity index (χ0) is 11.0. The maximum atomic E-state index is 5.36. The second-order valence-electron chi connectivity index (χ2n) is 4.73. The van der Waals surface area contributed by atoms with Crippen LogP contribution < -0.4 is 5.32 Å². The van der Waals surface area contributed by atoms with Gasteiger partial charge in [0.1, 0.15) is 0 Å². The van der Waals surface area contributed by atoms with Crippen molar-refractivity contribution in [3.8, 4) is 0 Å². The molecule has 1 saturated heterocycles.